The molecule has 20 heavy (non-hydrogen) atoms. The largest absolute Gasteiger partial charge is 0.369 e. The summed E-state index contributed by atoms with van der Waals surface area (Å²) in [7, 11) is 1.78. The number of primary amides is 1. The molecule has 0 saturated heterocycles. The van der Waals surface area contributed by atoms with Gasteiger partial charge in [0, 0.05) is 31.7 Å². The van der Waals surface area contributed by atoms with E-state index in [1.165, 1.54) is 0 Å². The zero-order valence-corrected chi connectivity index (χ0v) is 12.1. The van der Waals surface area contributed by atoms with Gasteiger partial charge < -0.3 is 16.0 Å². The minimum atomic E-state index is -0.638. The molecule has 1 atom stereocenters. The van der Waals surface area contributed by atoms with Gasteiger partial charge in [-0.25, -0.2) is 0 Å². The number of benzene rings is 1. The highest BCUT2D eigenvalue weighted by molar-refractivity contribution is 5.96. The van der Waals surface area contributed by atoms with Gasteiger partial charge in [-0.05, 0) is 25.5 Å². The van der Waals surface area contributed by atoms with Crippen molar-refractivity contribution in [2.75, 3.05) is 18.5 Å². The molecule has 3 N–H and O–H groups in total. The standard InChI is InChI=1S/C15H21N3O2/c1-15(2,14(16)20)9-17-11-8-13(19)18(3)12-7-5-4-6-10(11)12/h4-7,11,17H,8-9H2,1-3H3,(H2,16,20). The molecule has 5 heteroatoms. The highest BCUT2D eigenvalue weighted by Gasteiger charge is 2.31. The molecule has 1 aliphatic heterocycles. The molecule has 1 aromatic carbocycles. The van der Waals surface area contributed by atoms with Crippen LogP contribution in [-0.2, 0) is 9.59 Å². The van der Waals surface area contributed by atoms with Crippen LogP contribution in [0.3, 0.4) is 0 Å². The predicted octanol–water partition coefficient (Wildman–Crippen LogP) is 1.20. The third-order valence-corrected chi connectivity index (χ3v) is 3.88. The van der Waals surface area contributed by atoms with Crippen LogP contribution >= 0.6 is 0 Å². The lowest BCUT2D eigenvalue weighted by molar-refractivity contribution is -0.125. The Morgan fingerprint density at radius 1 is 1.45 bits per heavy atom. The zero-order valence-electron chi connectivity index (χ0n) is 12.1. The molecule has 0 aliphatic carbocycles. The second-order valence-electron chi connectivity index (χ2n) is 5.90. The van der Waals surface area contributed by atoms with Crippen LogP contribution in [0.5, 0.6) is 0 Å². The fourth-order valence-electron chi connectivity index (χ4n) is 2.29. The molecule has 2 amide bonds. The Morgan fingerprint density at radius 2 is 2.10 bits per heavy atom. The Labute approximate surface area is 119 Å². The van der Waals surface area contributed by atoms with Crippen molar-refractivity contribution in [2.45, 2.75) is 26.3 Å². The summed E-state index contributed by atoms with van der Waals surface area (Å²) in [5.41, 5.74) is 6.73. The van der Waals surface area contributed by atoms with Crippen LogP contribution in [0.25, 0.3) is 0 Å². The number of fused-ring (bicyclic) bond motifs is 1. The summed E-state index contributed by atoms with van der Waals surface area (Å²) < 4.78 is 0. The first-order valence-corrected chi connectivity index (χ1v) is 6.71. The molecule has 0 spiro atoms. The Morgan fingerprint density at radius 3 is 2.75 bits per heavy atom. The summed E-state index contributed by atoms with van der Waals surface area (Å²) in [5.74, 6) is -0.282. The van der Waals surface area contributed by atoms with Gasteiger partial charge in [0.15, 0.2) is 0 Å². The average Bonchev–Trinajstić information content (AvgIpc) is 2.41. The van der Waals surface area contributed by atoms with Crippen molar-refractivity contribution in [3.63, 3.8) is 0 Å². The third kappa shape index (κ3) is 2.67. The number of carbonyl (C=O) groups is 2. The monoisotopic (exact) mass is 275 g/mol. The van der Waals surface area contributed by atoms with Crippen molar-refractivity contribution in [3.8, 4) is 0 Å². The van der Waals surface area contributed by atoms with Gasteiger partial charge in [-0.1, -0.05) is 18.2 Å². The van der Waals surface area contributed by atoms with Gasteiger partial charge in [-0.15, -0.1) is 0 Å². The number of nitrogens with zero attached hydrogens (tertiary/aromatic N) is 1. The summed E-state index contributed by atoms with van der Waals surface area (Å²) >= 11 is 0. The molecule has 0 bridgehead atoms. The topological polar surface area (TPSA) is 75.4 Å². The van der Waals surface area contributed by atoms with E-state index in [1.54, 1.807) is 25.8 Å². The number of hydrogen-bond acceptors (Lipinski definition) is 3. The minimum Gasteiger partial charge on any atom is -0.369 e. The summed E-state index contributed by atoms with van der Waals surface area (Å²) in [6, 6.07) is 7.73. The number of nitrogens with two attached hydrogens (primary N) is 1. The van der Waals surface area contributed by atoms with Crippen molar-refractivity contribution < 1.29 is 9.59 Å². The molecule has 0 saturated carbocycles. The maximum absolute atomic E-state index is 12.0. The predicted molar refractivity (Wildman–Crippen MR) is 78.2 cm³/mol. The van der Waals surface area contributed by atoms with Crippen molar-refractivity contribution in [2.24, 2.45) is 11.1 Å². The van der Waals surface area contributed by atoms with Crippen LogP contribution in [0, 0.1) is 5.41 Å². The van der Waals surface area contributed by atoms with Crippen molar-refractivity contribution >= 4 is 17.5 Å². The number of hydrogen-bond donors (Lipinski definition) is 2. The first-order chi connectivity index (χ1) is 9.33. The lowest BCUT2D eigenvalue weighted by atomic mass is 9.90. The van der Waals surface area contributed by atoms with Crippen LogP contribution in [0.4, 0.5) is 5.69 Å². The lowest BCUT2D eigenvalue weighted by Gasteiger charge is -2.33. The van der Waals surface area contributed by atoms with Gasteiger partial charge in [0.25, 0.3) is 0 Å². The Kier molecular flexibility index (Phi) is 3.81. The zero-order chi connectivity index (χ0) is 14.9. The second kappa shape index (κ2) is 5.25. The SMILES string of the molecule is CN1C(=O)CC(NCC(C)(C)C(N)=O)c2ccccc21. The number of carbonyl (C=O) groups excluding carboxylic acids is 2. The summed E-state index contributed by atoms with van der Waals surface area (Å²) in [6.07, 6.45) is 0.391. The van der Waals surface area contributed by atoms with Gasteiger partial charge in [-0.3, -0.25) is 9.59 Å². The Balaban J connectivity index is 2.19. The quantitative estimate of drug-likeness (QED) is 0.867. The van der Waals surface area contributed by atoms with E-state index in [2.05, 4.69) is 5.32 Å². The third-order valence-electron chi connectivity index (χ3n) is 3.88. The van der Waals surface area contributed by atoms with E-state index in [0.29, 0.717) is 13.0 Å². The maximum Gasteiger partial charge on any atom is 0.228 e. The molecule has 0 fully saturated rings. The fraction of sp³-hybridized carbons (Fsp3) is 0.467. The molecule has 108 valence electrons. The lowest BCUT2D eigenvalue weighted by Crippen LogP contribution is -2.44. The van der Waals surface area contributed by atoms with Crippen LogP contribution in [-0.4, -0.2) is 25.4 Å². The van der Waals surface area contributed by atoms with E-state index in [0.717, 1.165) is 11.3 Å². The highest BCUT2D eigenvalue weighted by atomic mass is 16.2. The highest BCUT2D eigenvalue weighted by Crippen LogP contribution is 2.33. The molecular formula is C15H21N3O2. The van der Waals surface area contributed by atoms with Gasteiger partial charge in [-0.2, -0.15) is 0 Å². The molecule has 2 rings (SSSR count). The minimum absolute atomic E-state index is 0.0677. The van der Waals surface area contributed by atoms with E-state index in [1.807, 2.05) is 24.3 Å². The second-order valence-corrected chi connectivity index (χ2v) is 5.90. The van der Waals surface area contributed by atoms with Crippen LogP contribution in [0.1, 0.15) is 31.9 Å². The molecular weight excluding hydrogens is 254 g/mol. The van der Waals surface area contributed by atoms with E-state index in [9.17, 15) is 9.59 Å². The van der Waals surface area contributed by atoms with Crippen molar-refractivity contribution in [1.82, 2.24) is 5.32 Å². The van der Waals surface area contributed by atoms with Crippen molar-refractivity contribution in [1.29, 1.82) is 0 Å². The van der Waals surface area contributed by atoms with E-state index in [-0.39, 0.29) is 17.9 Å². The van der Waals surface area contributed by atoms with Crippen LogP contribution in [0.15, 0.2) is 24.3 Å². The number of para-hydroxylation sites is 1. The molecule has 1 unspecified atom stereocenters. The number of anilines is 1. The Hall–Kier alpha value is -1.88. The summed E-state index contributed by atoms with van der Waals surface area (Å²) in [6.45, 7) is 4.04. The first-order valence-electron chi connectivity index (χ1n) is 6.71. The fourth-order valence-corrected chi connectivity index (χ4v) is 2.29. The van der Waals surface area contributed by atoms with Crippen LogP contribution < -0.4 is 16.0 Å². The molecule has 0 radical (unpaired) electrons. The van der Waals surface area contributed by atoms with E-state index in [4.69, 9.17) is 5.73 Å². The summed E-state index contributed by atoms with van der Waals surface area (Å²) in [4.78, 5) is 25.1. The first kappa shape index (κ1) is 14.5. The van der Waals surface area contributed by atoms with Gasteiger partial charge in [0.2, 0.25) is 11.8 Å². The maximum atomic E-state index is 12.0. The normalized spacial score (nSPS) is 18.9. The van der Waals surface area contributed by atoms with Crippen molar-refractivity contribution in [3.05, 3.63) is 29.8 Å². The van der Waals surface area contributed by atoms with E-state index >= 15 is 0 Å². The number of amides is 2. The Bertz CT molecular complexity index is 540. The van der Waals surface area contributed by atoms with Gasteiger partial charge in [0.1, 0.15) is 0 Å². The van der Waals surface area contributed by atoms with Gasteiger partial charge >= 0.3 is 0 Å². The molecule has 0 aromatic heterocycles. The number of rotatable bonds is 4. The summed E-state index contributed by atoms with van der Waals surface area (Å²) in [5, 5.41) is 3.30. The average molecular weight is 275 g/mol. The molecule has 5 nitrogen and oxygen atoms in total. The molecule has 1 aromatic rings. The van der Waals surface area contributed by atoms with Gasteiger partial charge in [0.05, 0.1) is 5.41 Å². The van der Waals surface area contributed by atoms with Crippen LogP contribution in [0.2, 0.25) is 0 Å². The van der Waals surface area contributed by atoms with E-state index < -0.39 is 5.41 Å². The molecule has 1 heterocycles. The number of nitrogens with one attached hydrogen (secondary N) is 1. The molecule has 1 aliphatic rings. The smallest absolute Gasteiger partial charge is 0.228 e.